The van der Waals surface area contributed by atoms with E-state index in [4.69, 9.17) is 5.73 Å². The van der Waals surface area contributed by atoms with Gasteiger partial charge >= 0.3 is 6.18 Å². The first-order valence-electron chi connectivity index (χ1n) is 6.28. The highest BCUT2D eigenvalue weighted by atomic mass is 19.4. The zero-order valence-electron chi connectivity index (χ0n) is 10.9. The summed E-state index contributed by atoms with van der Waals surface area (Å²) in [6.45, 7) is 0. The number of para-hydroxylation sites is 1. The molecule has 1 heterocycles. The van der Waals surface area contributed by atoms with Crippen molar-refractivity contribution in [3.8, 4) is 11.3 Å². The van der Waals surface area contributed by atoms with Crippen molar-refractivity contribution < 1.29 is 13.2 Å². The van der Waals surface area contributed by atoms with Gasteiger partial charge in [-0.05, 0) is 18.2 Å². The summed E-state index contributed by atoms with van der Waals surface area (Å²) in [5.74, 6) is 0. The second-order valence-corrected chi connectivity index (χ2v) is 4.66. The Morgan fingerprint density at radius 1 is 0.905 bits per heavy atom. The Morgan fingerprint density at radius 3 is 2.33 bits per heavy atom. The van der Waals surface area contributed by atoms with E-state index in [0.29, 0.717) is 11.2 Å². The van der Waals surface area contributed by atoms with Crippen molar-refractivity contribution in [1.29, 1.82) is 0 Å². The van der Waals surface area contributed by atoms with E-state index in [1.54, 1.807) is 24.3 Å². The molecule has 0 unspecified atom stereocenters. The number of aromatic nitrogens is 1. The highest BCUT2D eigenvalue weighted by molar-refractivity contribution is 5.92. The van der Waals surface area contributed by atoms with E-state index in [0.717, 1.165) is 11.5 Å². The van der Waals surface area contributed by atoms with Crippen LogP contribution in [0.1, 0.15) is 5.56 Å². The lowest BCUT2D eigenvalue weighted by molar-refractivity contribution is -0.137. The van der Waals surface area contributed by atoms with Gasteiger partial charge in [0.05, 0.1) is 16.8 Å². The fourth-order valence-electron chi connectivity index (χ4n) is 2.29. The van der Waals surface area contributed by atoms with Crippen LogP contribution in [-0.4, -0.2) is 4.98 Å². The summed E-state index contributed by atoms with van der Waals surface area (Å²) >= 11 is 0. The molecule has 2 N–H and O–H groups in total. The minimum absolute atomic E-state index is 0.0300. The normalized spacial score (nSPS) is 11.8. The number of hydrogen-bond donors (Lipinski definition) is 1. The molecule has 0 spiro atoms. The fraction of sp³-hybridized carbons (Fsp3) is 0.0625. The molecule has 0 amide bonds. The van der Waals surface area contributed by atoms with Gasteiger partial charge in [-0.15, -0.1) is 0 Å². The Bertz CT molecular complexity index is 810. The second kappa shape index (κ2) is 4.77. The molecule has 0 fully saturated rings. The molecule has 2 aromatic carbocycles. The van der Waals surface area contributed by atoms with E-state index < -0.39 is 11.7 Å². The summed E-state index contributed by atoms with van der Waals surface area (Å²) < 4.78 is 39.3. The number of anilines is 1. The Morgan fingerprint density at radius 2 is 1.57 bits per heavy atom. The van der Waals surface area contributed by atoms with Gasteiger partial charge in [0.2, 0.25) is 0 Å². The third kappa shape index (κ3) is 2.42. The number of alkyl halides is 3. The van der Waals surface area contributed by atoms with Gasteiger partial charge < -0.3 is 5.73 Å². The van der Waals surface area contributed by atoms with Crippen LogP contribution >= 0.6 is 0 Å². The van der Waals surface area contributed by atoms with Gasteiger partial charge in [-0.2, -0.15) is 13.2 Å². The number of fused-ring (bicyclic) bond motifs is 1. The van der Waals surface area contributed by atoms with Crippen molar-refractivity contribution in [2.45, 2.75) is 6.18 Å². The first-order chi connectivity index (χ1) is 9.97. The van der Waals surface area contributed by atoms with Gasteiger partial charge in [0.15, 0.2) is 0 Å². The summed E-state index contributed by atoms with van der Waals surface area (Å²) in [6.07, 6.45) is -4.43. The average Bonchev–Trinajstić information content (AvgIpc) is 2.46. The minimum atomic E-state index is -4.43. The molecular formula is C16H11F3N2. The average molecular weight is 288 g/mol. The lowest BCUT2D eigenvalue weighted by Crippen LogP contribution is -2.07. The third-order valence-electron chi connectivity index (χ3n) is 3.26. The van der Waals surface area contributed by atoms with Gasteiger partial charge in [-0.25, -0.2) is 4.98 Å². The van der Waals surface area contributed by atoms with Crippen molar-refractivity contribution in [2.75, 3.05) is 5.73 Å². The summed E-state index contributed by atoms with van der Waals surface area (Å²) in [6, 6.07) is 13.9. The Labute approximate surface area is 119 Å². The monoisotopic (exact) mass is 288 g/mol. The number of halogens is 3. The molecule has 0 atom stereocenters. The molecule has 0 aliphatic carbocycles. The molecule has 1 aromatic heterocycles. The lowest BCUT2D eigenvalue weighted by atomic mass is 10.0. The van der Waals surface area contributed by atoms with Crippen molar-refractivity contribution >= 4 is 16.6 Å². The van der Waals surface area contributed by atoms with E-state index in [1.165, 1.54) is 18.2 Å². The zero-order valence-corrected chi connectivity index (χ0v) is 10.9. The molecule has 5 heteroatoms. The first-order valence-corrected chi connectivity index (χ1v) is 6.28. The van der Waals surface area contributed by atoms with Gasteiger partial charge in [0.25, 0.3) is 0 Å². The van der Waals surface area contributed by atoms with Gasteiger partial charge in [0.1, 0.15) is 0 Å². The molecule has 0 radical (unpaired) electrons. The van der Waals surface area contributed by atoms with Crippen LogP contribution < -0.4 is 5.73 Å². The van der Waals surface area contributed by atoms with Crippen molar-refractivity contribution in [2.24, 2.45) is 0 Å². The number of nitrogens with two attached hydrogens (primary N) is 1. The molecule has 0 aliphatic heterocycles. The third-order valence-corrected chi connectivity index (χ3v) is 3.26. The van der Waals surface area contributed by atoms with Crippen LogP contribution in [0.25, 0.3) is 22.2 Å². The Balaban J connectivity index is 2.27. The Hall–Kier alpha value is -2.56. The molecule has 2 nitrogen and oxygen atoms in total. The molecule has 21 heavy (non-hydrogen) atoms. The summed E-state index contributed by atoms with van der Waals surface area (Å²) in [7, 11) is 0. The van der Waals surface area contributed by atoms with Crippen LogP contribution in [0.4, 0.5) is 18.9 Å². The summed E-state index contributed by atoms with van der Waals surface area (Å²) in [5, 5.41) is 0.728. The van der Waals surface area contributed by atoms with Crippen LogP contribution in [0.15, 0.2) is 54.6 Å². The molecular weight excluding hydrogens is 277 g/mol. The van der Waals surface area contributed by atoms with Crippen LogP contribution in [0.3, 0.4) is 0 Å². The molecule has 0 saturated carbocycles. The Kier molecular flexibility index (Phi) is 3.05. The summed E-state index contributed by atoms with van der Waals surface area (Å²) in [5.41, 5.74) is 6.45. The van der Waals surface area contributed by atoms with Gasteiger partial charge in [0, 0.05) is 16.6 Å². The molecule has 106 valence electrons. The number of hydrogen-bond acceptors (Lipinski definition) is 2. The van der Waals surface area contributed by atoms with Crippen LogP contribution in [0.5, 0.6) is 0 Å². The first kappa shape index (κ1) is 13.4. The van der Waals surface area contributed by atoms with Crippen LogP contribution in [0.2, 0.25) is 0 Å². The molecule has 3 aromatic rings. The number of benzene rings is 2. The molecule has 0 bridgehead atoms. The number of nitrogen functional groups attached to an aromatic ring is 1. The van der Waals surface area contributed by atoms with Gasteiger partial charge in [-0.3, -0.25) is 0 Å². The lowest BCUT2D eigenvalue weighted by Gasteiger charge is -2.13. The molecule has 3 rings (SSSR count). The zero-order chi connectivity index (χ0) is 15.0. The standard InChI is InChI=1S/C16H11F3N2/c17-16(18,19)12-7-3-1-5-10(12)15-9-13(20)11-6-2-4-8-14(11)21-15/h1-9H,(H2,20,21). The maximum atomic E-state index is 13.1. The van der Waals surface area contributed by atoms with E-state index in [-0.39, 0.29) is 11.3 Å². The number of rotatable bonds is 1. The topological polar surface area (TPSA) is 38.9 Å². The largest absolute Gasteiger partial charge is 0.417 e. The quantitative estimate of drug-likeness (QED) is 0.716. The number of pyridine rings is 1. The second-order valence-electron chi connectivity index (χ2n) is 4.66. The molecule has 0 aliphatic rings. The van der Waals surface area contributed by atoms with E-state index in [2.05, 4.69) is 4.98 Å². The smallest absolute Gasteiger partial charge is 0.398 e. The minimum Gasteiger partial charge on any atom is -0.398 e. The highest BCUT2D eigenvalue weighted by Gasteiger charge is 2.33. The fourth-order valence-corrected chi connectivity index (χ4v) is 2.29. The maximum absolute atomic E-state index is 13.1. The van der Waals surface area contributed by atoms with E-state index >= 15 is 0 Å². The van der Waals surface area contributed by atoms with Crippen LogP contribution in [0, 0.1) is 0 Å². The van der Waals surface area contributed by atoms with Crippen LogP contribution in [-0.2, 0) is 6.18 Å². The van der Waals surface area contributed by atoms with E-state index in [1.807, 2.05) is 6.07 Å². The van der Waals surface area contributed by atoms with E-state index in [9.17, 15) is 13.2 Å². The highest BCUT2D eigenvalue weighted by Crippen LogP contribution is 2.37. The van der Waals surface area contributed by atoms with Gasteiger partial charge in [-0.1, -0.05) is 36.4 Å². The van der Waals surface area contributed by atoms with Crippen molar-refractivity contribution in [3.05, 3.63) is 60.2 Å². The van der Waals surface area contributed by atoms with Crippen molar-refractivity contribution in [1.82, 2.24) is 4.98 Å². The van der Waals surface area contributed by atoms with Crippen molar-refractivity contribution in [3.63, 3.8) is 0 Å². The predicted octanol–water partition coefficient (Wildman–Crippen LogP) is 4.50. The summed E-state index contributed by atoms with van der Waals surface area (Å²) in [4.78, 5) is 4.30. The SMILES string of the molecule is Nc1cc(-c2ccccc2C(F)(F)F)nc2ccccc12. The maximum Gasteiger partial charge on any atom is 0.417 e. The number of nitrogens with zero attached hydrogens (tertiary/aromatic N) is 1. The predicted molar refractivity (Wildman–Crippen MR) is 76.6 cm³/mol. The molecule has 0 saturated heterocycles.